The van der Waals surface area contributed by atoms with E-state index in [0.29, 0.717) is 31.1 Å². The zero-order valence-electron chi connectivity index (χ0n) is 17.9. The first-order chi connectivity index (χ1) is 13.5. The lowest BCUT2D eigenvalue weighted by Gasteiger charge is -2.34. The van der Waals surface area contributed by atoms with Crippen LogP contribution in [0, 0.1) is 20.8 Å². The quantitative estimate of drug-likeness (QED) is 0.722. The standard InChI is InChI=1S/C20H32N4O4S/c1-6-17(5)21-20(26)22-18(25)13-23-7-9-24(10-8-23)29(27,28)19-15(3)11-14(2)12-16(19)4/h11-12,17H,6-10,13H2,1-5H3,(H2,21,22,25,26)/t17-/m0/s1. The Hall–Kier alpha value is -1.97. The minimum Gasteiger partial charge on any atom is -0.335 e. The van der Waals surface area contributed by atoms with Crippen molar-refractivity contribution in [2.45, 2.75) is 52.0 Å². The van der Waals surface area contributed by atoms with Gasteiger partial charge in [0.1, 0.15) is 0 Å². The van der Waals surface area contributed by atoms with Crippen molar-refractivity contribution >= 4 is 22.0 Å². The highest BCUT2D eigenvalue weighted by atomic mass is 32.2. The van der Waals surface area contributed by atoms with Crippen LogP contribution in [0.1, 0.15) is 37.0 Å². The second kappa shape index (κ2) is 9.69. The summed E-state index contributed by atoms with van der Waals surface area (Å²) in [5.74, 6) is -0.396. The van der Waals surface area contributed by atoms with E-state index in [4.69, 9.17) is 0 Å². The molecule has 0 saturated carbocycles. The number of benzene rings is 1. The summed E-state index contributed by atoms with van der Waals surface area (Å²) in [5.41, 5.74) is 2.53. The van der Waals surface area contributed by atoms with Crippen molar-refractivity contribution in [1.82, 2.24) is 19.8 Å². The summed E-state index contributed by atoms with van der Waals surface area (Å²) in [4.78, 5) is 26.0. The van der Waals surface area contributed by atoms with E-state index in [2.05, 4.69) is 10.6 Å². The number of urea groups is 1. The fourth-order valence-corrected chi connectivity index (χ4v) is 5.40. The molecule has 0 bridgehead atoms. The van der Waals surface area contributed by atoms with Crippen LogP contribution < -0.4 is 10.6 Å². The third kappa shape index (κ3) is 6.01. The third-order valence-electron chi connectivity index (χ3n) is 5.14. The van der Waals surface area contributed by atoms with E-state index in [1.165, 1.54) is 4.31 Å². The first-order valence-electron chi connectivity index (χ1n) is 9.95. The summed E-state index contributed by atoms with van der Waals surface area (Å²) in [6, 6.07) is 3.25. The summed E-state index contributed by atoms with van der Waals surface area (Å²) in [6.45, 7) is 10.9. The Bertz CT molecular complexity index is 838. The smallest absolute Gasteiger partial charge is 0.321 e. The maximum absolute atomic E-state index is 13.1. The molecule has 2 N–H and O–H groups in total. The fraction of sp³-hybridized carbons (Fsp3) is 0.600. The Balaban J connectivity index is 1.93. The van der Waals surface area contributed by atoms with Gasteiger partial charge in [0, 0.05) is 32.2 Å². The number of imide groups is 1. The predicted molar refractivity (Wildman–Crippen MR) is 112 cm³/mol. The second-order valence-electron chi connectivity index (χ2n) is 7.74. The molecule has 1 aromatic carbocycles. The lowest BCUT2D eigenvalue weighted by molar-refractivity contribution is -0.121. The monoisotopic (exact) mass is 424 g/mol. The molecule has 0 spiro atoms. The molecule has 1 atom stereocenters. The molecule has 0 aliphatic carbocycles. The van der Waals surface area contributed by atoms with E-state index in [1.54, 1.807) is 0 Å². The number of rotatable bonds is 6. The molecule has 8 nitrogen and oxygen atoms in total. The highest BCUT2D eigenvalue weighted by molar-refractivity contribution is 7.89. The van der Waals surface area contributed by atoms with E-state index in [9.17, 15) is 18.0 Å². The SMILES string of the molecule is CC[C@H](C)NC(=O)NC(=O)CN1CCN(S(=O)(=O)c2c(C)cc(C)cc2C)CC1. The maximum Gasteiger partial charge on any atom is 0.321 e. The van der Waals surface area contributed by atoms with Crippen molar-refractivity contribution in [3.05, 3.63) is 28.8 Å². The van der Waals surface area contributed by atoms with Crippen molar-refractivity contribution < 1.29 is 18.0 Å². The number of carbonyl (C=O) groups excluding carboxylic acids is 2. The molecular formula is C20H32N4O4S. The van der Waals surface area contributed by atoms with E-state index in [1.807, 2.05) is 51.7 Å². The van der Waals surface area contributed by atoms with Crippen molar-refractivity contribution in [3.63, 3.8) is 0 Å². The Kier molecular flexibility index (Phi) is 7.79. The zero-order chi connectivity index (χ0) is 21.8. The summed E-state index contributed by atoms with van der Waals surface area (Å²) in [5, 5.41) is 5.00. The number of aryl methyl sites for hydroxylation is 3. The second-order valence-corrected chi connectivity index (χ2v) is 9.61. The summed E-state index contributed by atoms with van der Waals surface area (Å²) >= 11 is 0. The molecule has 1 fully saturated rings. The molecule has 0 radical (unpaired) electrons. The van der Waals surface area contributed by atoms with Crippen LogP contribution in [0.3, 0.4) is 0 Å². The van der Waals surface area contributed by atoms with Gasteiger partial charge in [-0.05, 0) is 45.2 Å². The number of hydrogen-bond donors (Lipinski definition) is 2. The van der Waals surface area contributed by atoms with Gasteiger partial charge in [-0.25, -0.2) is 13.2 Å². The molecule has 1 aromatic rings. The van der Waals surface area contributed by atoms with Crippen molar-refractivity contribution in [2.75, 3.05) is 32.7 Å². The molecule has 2 rings (SSSR count). The number of carbonyl (C=O) groups is 2. The van der Waals surface area contributed by atoms with Gasteiger partial charge < -0.3 is 5.32 Å². The Labute approximate surface area is 173 Å². The molecule has 162 valence electrons. The van der Waals surface area contributed by atoms with Gasteiger partial charge >= 0.3 is 6.03 Å². The first kappa shape index (κ1) is 23.3. The van der Waals surface area contributed by atoms with Crippen LogP contribution in [0.15, 0.2) is 17.0 Å². The lowest BCUT2D eigenvalue weighted by Crippen LogP contribution is -2.52. The van der Waals surface area contributed by atoms with E-state index >= 15 is 0 Å². The van der Waals surface area contributed by atoms with Crippen molar-refractivity contribution in [3.8, 4) is 0 Å². The molecule has 1 aliphatic rings. The maximum atomic E-state index is 13.1. The first-order valence-corrected chi connectivity index (χ1v) is 11.4. The fourth-order valence-electron chi connectivity index (χ4n) is 3.56. The molecule has 0 unspecified atom stereocenters. The average Bonchev–Trinajstić information content (AvgIpc) is 2.60. The number of piperazine rings is 1. The van der Waals surface area contributed by atoms with E-state index in [-0.39, 0.29) is 12.6 Å². The summed E-state index contributed by atoms with van der Waals surface area (Å²) in [7, 11) is -3.59. The lowest BCUT2D eigenvalue weighted by atomic mass is 10.1. The Morgan fingerprint density at radius 3 is 2.14 bits per heavy atom. The van der Waals surface area contributed by atoms with Crippen LogP contribution in [0.5, 0.6) is 0 Å². The number of nitrogens with zero attached hydrogens (tertiary/aromatic N) is 2. The van der Waals surface area contributed by atoms with Crippen molar-refractivity contribution in [1.29, 1.82) is 0 Å². The van der Waals surface area contributed by atoms with Crippen LogP contribution in [0.4, 0.5) is 4.79 Å². The van der Waals surface area contributed by atoms with Gasteiger partial charge in [-0.15, -0.1) is 0 Å². The number of nitrogens with one attached hydrogen (secondary N) is 2. The molecule has 0 aromatic heterocycles. The van der Waals surface area contributed by atoms with E-state index < -0.39 is 22.0 Å². The number of amides is 3. The van der Waals surface area contributed by atoms with Crippen LogP contribution in [-0.4, -0.2) is 68.3 Å². The molecule has 29 heavy (non-hydrogen) atoms. The van der Waals surface area contributed by atoms with Crippen LogP contribution >= 0.6 is 0 Å². The molecule has 1 saturated heterocycles. The molecule has 1 heterocycles. The minimum atomic E-state index is -3.59. The summed E-state index contributed by atoms with van der Waals surface area (Å²) in [6.07, 6.45) is 0.776. The van der Waals surface area contributed by atoms with Gasteiger partial charge in [0.2, 0.25) is 15.9 Å². The van der Waals surface area contributed by atoms with Gasteiger partial charge in [-0.1, -0.05) is 24.6 Å². The van der Waals surface area contributed by atoms with Gasteiger partial charge in [-0.3, -0.25) is 15.0 Å². The molecule has 9 heteroatoms. The van der Waals surface area contributed by atoms with Crippen LogP contribution in [0.2, 0.25) is 0 Å². The number of sulfonamides is 1. The van der Waals surface area contributed by atoms with Crippen LogP contribution in [0.25, 0.3) is 0 Å². The Morgan fingerprint density at radius 1 is 1.07 bits per heavy atom. The average molecular weight is 425 g/mol. The number of hydrogen-bond acceptors (Lipinski definition) is 5. The molecule has 1 aliphatic heterocycles. The highest BCUT2D eigenvalue weighted by Crippen LogP contribution is 2.26. The van der Waals surface area contributed by atoms with Crippen molar-refractivity contribution in [2.24, 2.45) is 0 Å². The third-order valence-corrected chi connectivity index (χ3v) is 7.35. The molecule has 3 amide bonds. The van der Waals surface area contributed by atoms with Gasteiger partial charge in [0.25, 0.3) is 0 Å². The van der Waals surface area contributed by atoms with Gasteiger partial charge in [0.15, 0.2) is 0 Å². The predicted octanol–water partition coefficient (Wildman–Crippen LogP) is 1.54. The highest BCUT2D eigenvalue weighted by Gasteiger charge is 2.31. The normalized spacial score (nSPS) is 17.0. The zero-order valence-corrected chi connectivity index (χ0v) is 18.7. The topological polar surface area (TPSA) is 98.8 Å². The Morgan fingerprint density at radius 2 is 1.62 bits per heavy atom. The van der Waals surface area contributed by atoms with Crippen LogP contribution in [-0.2, 0) is 14.8 Å². The largest absolute Gasteiger partial charge is 0.335 e. The molecular weight excluding hydrogens is 392 g/mol. The minimum absolute atomic E-state index is 0.00904. The van der Waals surface area contributed by atoms with E-state index in [0.717, 1.165) is 23.1 Å². The van der Waals surface area contributed by atoms with Gasteiger partial charge in [0.05, 0.1) is 11.4 Å². The van der Waals surface area contributed by atoms with Gasteiger partial charge in [-0.2, -0.15) is 4.31 Å². The summed E-state index contributed by atoms with van der Waals surface area (Å²) < 4.78 is 27.7.